The van der Waals surface area contributed by atoms with Gasteiger partial charge < -0.3 is 4.74 Å². The molecule has 0 aliphatic rings. The third-order valence-corrected chi connectivity index (χ3v) is 2.15. The summed E-state index contributed by atoms with van der Waals surface area (Å²) in [5.74, 6) is 0.659. The van der Waals surface area contributed by atoms with Crippen molar-refractivity contribution in [2.24, 2.45) is 0 Å². The lowest BCUT2D eigenvalue weighted by molar-refractivity contribution is 0.341. The van der Waals surface area contributed by atoms with Gasteiger partial charge in [-0.15, -0.1) is 0 Å². The monoisotopic (exact) mass is 186 g/mol. The van der Waals surface area contributed by atoms with E-state index in [0.717, 1.165) is 10.8 Å². The largest absolute Gasteiger partial charge is 0.492 e. The molecule has 2 rings (SSSR count). The molecule has 0 aliphatic carbocycles. The zero-order valence-electron chi connectivity index (χ0n) is 8.08. The Morgan fingerprint density at radius 2 is 1.79 bits per heavy atom. The van der Waals surface area contributed by atoms with Crippen molar-refractivity contribution in [1.29, 1.82) is 0 Å². The number of fused-ring (bicyclic) bond motifs is 1. The molecule has 0 heterocycles. The first-order chi connectivity index (χ1) is 6.81. The third-order valence-electron chi connectivity index (χ3n) is 2.15. The molecule has 0 aromatic heterocycles. The van der Waals surface area contributed by atoms with Crippen LogP contribution in [0.3, 0.4) is 0 Å². The zero-order chi connectivity index (χ0) is 9.97. The molecule has 71 valence electrons. The number of hydrogen-bond acceptors (Lipinski definition) is 1. The maximum atomic E-state index is 7.73. The number of benzene rings is 2. The Bertz CT molecular complexity index is 451. The SMILES string of the molecule is CCOc1cc2ccccc2cc1[NH]. The summed E-state index contributed by atoms with van der Waals surface area (Å²) in [6.07, 6.45) is 0. The van der Waals surface area contributed by atoms with Gasteiger partial charge in [0.15, 0.2) is 0 Å². The van der Waals surface area contributed by atoms with Crippen LogP contribution in [0.1, 0.15) is 6.92 Å². The molecule has 0 atom stereocenters. The van der Waals surface area contributed by atoms with E-state index < -0.39 is 0 Å². The summed E-state index contributed by atoms with van der Waals surface area (Å²) in [5.41, 5.74) is 8.18. The molecule has 0 bridgehead atoms. The number of hydrogen-bond donors (Lipinski definition) is 0. The molecule has 14 heavy (non-hydrogen) atoms. The fraction of sp³-hybridized carbons (Fsp3) is 0.167. The Balaban J connectivity index is 2.59. The maximum Gasteiger partial charge on any atom is 0.144 e. The predicted molar refractivity (Wildman–Crippen MR) is 57.9 cm³/mol. The molecule has 0 fully saturated rings. The molecule has 0 amide bonds. The van der Waals surface area contributed by atoms with Crippen LogP contribution in [0.25, 0.3) is 10.8 Å². The van der Waals surface area contributed by atoms with E-state index in [2.05, 4.69) is 0 Å². The zero-order valence-corrected chi connectivity index (χ0v) is 8.08. The highest BCUT2D eigenvalue weighted by Crippen LogP contribution is 2.28. The highest BCUT2D eigenvalue weighted by Gasteiger charge is 2.02. The summed E-state index contributed by atoms with van der Waals surface area (Å²) in [6, 6.07) is 11.7. The van der Waals surface area contributed by atoms with Crippen molar-refractivity contribution >= 4 is 16.5 Å². The van der Waals surface area contributed by atoms with E-state index in [4.69, 9.17) is 10.5 Å². The molecule has 2 aromatic rings. The lowest BCUT2D eigenvalue weighted by Gasteiger charge is -2.07. The Morgan fingerprint density at radius 1 is 1.14 bits per heavy atom. The van der Waals surface area contributed by atoms with E-state index in [9.17, 15) is 0 Å². The molecule has 0 saturated carbocycles. The second-order valence-corrected chi connectivity index (χ2v) is 3.13. The van der Waals surface area contributed by atoms with E-state index >= 15 is 0 Å². The van der Waals surface area contributed by atoms with Gasteiger partial charge in [-0.2, -0.15) is 0 Å². The first-order valence-corrected chi connectivity index (χ1v) is 4.68. The van der Waals surface area contributed by atoms with Crippen molar-refractivity contribution in [2.45, 2.75) is 6.92 Å². The van der Waals surface area contributed by atoms with Gasteiger partial charge in [0.25, 0.3) is 0 Å². The summed E-state index contributed by atoms with van der Waals surface area (Å²) in [5, 5.41) is 2.20. The van der Waals surface area contributed by atoms with Crippen molar-refractivity contribution < 1.29 is 4.74 Å². The van der Waals surface area contributed by atoms with Gasteiger partial charge in [-0.3, -0.25) is 5.73 Å². The Morgan fingerprint density at radius 3 is 2.43 bits per heavy atom. The van der Waals surface area contributed by atoms with Crippen LogP contribution in [0.15, 0.2) is 36.4 Å². The maximum absolute atomic E-state index is 7.73. The Hall–Kier alpha value is -1.70. The van der Waals surface area contributed by atoms with Crippen molar-refractivity contribution in [1.82, 2.24) is 5.73 Å². The first kappa shape index (κ1) is 8.88. The fourth-order valence-electron chi connectivity index (χ4n) is 1.49. The summed E-state index contributed by atoms with van der Waals surface area (Å²) in [7, 11) is 0. The van der Waals surface area contributed by atoms with Gasteiger partial charge in [0.2, 0.25) is 0 Å². The van der Waals surface area contributed by atoms with Crippen molar-refractivity contribution in [3.63, 3.8) is 0 Å². The molecule has 2 heteroatoms. The molecule has 1 N–H and O–H groups in total. The van der Waals surface area contributed by atoms with Crippen molar-refractivity contribution in [3.05, 3.63) is 36.4 Å². The molecule has 0 unspecified atom stereocenters. The summed E-state index contributed by atoms with van der Waals surface area (Å²) in [6.45, 7) is 2.53. The van der Waals surface area contributed by atoms with Crippen LogP contribution in [0.5, 0.6) is 5.75 Å². The molecule has 2 nitrogen and oxygen atoms in total. The Kier molecular flexibility index (Phi) is 2.27. The predicted octanol–water partition coefficient (Wildman–Crippen LogP) is 3.15. The second kappa shape index (κ2) is 3.58. The van der Waals surface area contributed by atoms with Gasteiger partial charge in [-0.05, 0) is 29.8 Å². The molecular weight excluding hydrogens is 174 g/mol. The number of nitrogens with one attached hydrogen (secondary N) is 1. The van der Waals surface area contributed by atoms with Crippen molar-refractivity contribution in [2.75, 3.05) is 6.61 Å². The van der Waals surface area contributed by atoms with Gasteiger partial charge >= 0.3 is 0 Å². The smallest absolute Gasteiger partial charge is 0.144 e. The van der Waals surface area contributed by atoms with Gasteiger partial charge in [0.05, 0.1) is 12.3 Å². The van der Waals surface area contributed by atoms with E-state index in [-0.39, 0.29) is 0 Å². The first-order valence-electron chi connectivity index (χ1n) is 4.68. The average Bonchev–Trinajstić information content (AvgIpc) is 2.19. The minimum atomic E-state index is 0.450. The molecule has 0 spiro atoms. The number of ether oxygens (including phenoxy) is 1. The molecule has 2 aromatic carbocycles. The highest BCUT2D eigenvalue weighted by atomic mass is 16.5. The standard InChI is InChI=1S/C12H12NO/c1-2-14-12-8-10-6-4-3-5-9(10)7-11(12)13/h3-8,13H,2H2,1H3. The summed E-state index contributed by atoms with van der Waals surface area (Å²) < 4.78 is 5.36. The Labute approximate surface area is 83.3 Å². The molecule has 1 radical (unpaired) electrons. The van der Waals surface area contributed by atoms with E-state index in [0.29, 0.717) is 18.0 Å². The van der Waals surface area contributed by atoms with Gasteiger partial charge in [0.1, 0.15) is 5.75 Å². The molecule has 0 aliphatic heterocycles. The van der Waals surface area contributed by atoms with Crippen LogP contribution < -0.4 is 10.5 Å². The highest BCUT2D eigenvalue weighted by molar-refractivity contribution is 5.87. The van der Waals surface area contributed by atoms with Crippen LogP contribution in [0, 0.1) is 0 Å². The lowest BCUT2D eigenvalue weighted by atomic mass is 10.1. The van der Waals surface area contributed by atoms with Crippen LogP contribution in [-0.2, 0) is 0 Å². The molecular formula is C12H12NO. The fourth-order valence-corrected chi connectivity index (χ4v) is 1.49. The average molecular weight is 186 g/mol. The van der Waals surface area contributed by atoms with Gasteiger partial charge in [0, 0.05) is 0 Å². The third kappa shape index (κ3) is 1.51. The van der Waals surface area contributed by atoms with Crippen LogP contribution in [0.4, 0.5) is 5.69 Å². The summed E-state index contributed by atoms with van der Waals surface area (Å²) >= 11 is 0. The van der Waals surface area contributed by atoms with Gasteiger partial charge in [-0.25, -0.2) is 0 Å². The second-order valence-electron chi connectivity index (χ2n) is 3.13. The van der Waals surface area contributed by atoms with E-state index in [1.165, 1.54) is 0 Å². The van der Waals surface area contributed by atoms with Crippen LogP contribution in [-0.4, -0.2) is 6.61 Å². The topological polar surface area (TPSA) is 33.0 Å². The van der Waals surface area contributed by atoms with Crippen LogP contribution in [0.2, 0.25) is 0 Å². The quantitative estimate of drug-likeness (QED) is 0.709. The minimum absolute atomic E-state index is 0.450. The number of rotatable bonds is 2. The van der Waals surface area contributed by atoms with Crippen molar-refractivity contribution in [3.8, 4) is 5.75 Å². The van der Waals surface area contributed by atoms with Crippen LogP contribution >= 0.6 is 0 Å². The molecule has 0 saturated heterocycles. The normalized spacial score (nSPS) is 10.4. The summed E-state index contributed by atoms with van der Waals surface area (Å²) in [4.78, 5) is 0. The van der Waals surface area contributed by atoms with E-state index in [1.54, 1.807) is 0 Å². The minimum Gasteiger partial charge on any atom is -0.492 e. The van der Waals surface area contributed by atoms with Gasteiger partial charge in [-0.1, -0.05) is 24.3 Å². The van der Waals surface area contributed by atoms with E-state index in [1.807, 2.05) is 43.3 Å². The lowest BCUT2D eigenvalue weighted by Crippen LogP contribution is -1.92.